The van der Waals surface area contributed by atoms with Crippen molar-refractivity contribution in [3.05, 3.63) is 0 Å². The summed E-state index contributed by atoms with van der Waals surface area (Å²) < 4.78 is 10.8. The Morgan fingerprint density at radius 1 is 0.426 bits per heavy atom. The lowest BCUT2D eigenvalue weighted by atomic mass is 10.0. The normalized spacial score (nSPS) is 11.6. The molecule has 0 radical (unpaired) electrons. The second-order valence-corrected chi connectivity index (χ2v) is 13.8. The maximum Gasteiger partial charge on any atom is 0.306 e. The van der Waals surface area contributed by atoms with Crippen molar-refractivity contribution in [3.8, 4) is 0 Å². The molecular weight excluding hydrogens is 588 g/mol. The van der Waals surface area contributed by atoms with E-state index in [0.717, 1.165) is 25.7 Å². The molecule has 0 saturated heterocycles. The number of carbonyl (C=O) groups is 2. The van der Waals surface area contributed by atoms with Crippen LogP contribution in [0.25, 0.3) is 0 Å². The highest BCUT2D eigenvalue weighted by molar-refractivity contribution is 5.70. The van der Waals surface area contributed by atoms with Crippen LogP contribution in [-0.4, -0.2) is 48.1 Å². The van der Waals surface area contributed by atoms with Gasteiger partial charge in [-0.15, -0.1) is 0 Å². The van der Waals surface area contributed by atoms with E-state index in [1.165, 1.54) is 167 Å². The van der Waals surface area contributed by atoms with Crippen LogP contribution < -0.4 is 0 Å². The molecule has 0 rings (SSSR count). The number of esters is 2. The molecular formula is C41H82O6. The summed E-state index contributed by atoms with van der Waals surface area (Å²) in [5.41, 5.74) is 0. The Labute approximate surface area is 292 Å². The summed E-state index contributed by atoms with van der Waals surface area (Å²) in [5, 5.41) is 15.2. The maximum atomic E-state index is 12.1. The van der Waals surface area contributed by atoms with Gasteiger partial charge in [-0.3, -0.25) is 9.59 Å². The lowest BCUT2D eigenvalue weighted by Crippen LogP contribution is -2.22. The first-order valence-corrected chi connectivity index (χ1v) is 20.6. The Hall–Kier alpha value is -1.14. The highest BCUT2D eigenvalue weighted by atomic mass is 16.6. The first-order valence-electron chi connectivity index (χ1n) is 20.6. The molecule has 0 spiro atoms. The van der Waals surface area contributed by atoms with Gasteiger partial charge in [-0.2, -0.15) is 0 Å². The molecule has 47 heavy (non-hydrogen) atoms. The summed E-state index contributed by atoms with van der Waals surface area (Å²) in [6, 6.07) is 0. The fourth-order valence-electron chi connectivity index (χ4n) is 5.88. The van der Waals surface area contributed by atoms with Gasteiger partial charge in [0.2, 0.25) is 0 Å². The first kappa shape index (κ1) is 48.0. The van der Waals surface area contributed by atoms with E-state index in [1.807, 2.05) is 6.92 Å². The number of rotatable bonds is 36. The van der Waals surface area contributed by atoms with Crippen molar-refractivity contribution in [2.75, 3.05) is 19.8 Å². The number of ether oxygens (including phenoxy) is 2. The zero-order valence-electron chi connectivity index (χ0n) is 31.9. The number of hydrogen-bond donors (Lipinski definition) is 2. The minimum absolute atomic E-state index is 0.125. The standard InChI is InChI=1S/C39H76O4.C2H6O2/c1-4-6-8-10-12-14-16-18-20-22-24-26-28-30-32-34-38(40)42-36-37(3)43-39(41)35-33-31-29-27-25-23-21-19-17-15-13-11-9-7-5-2;3-1-2-4/h37H,4-36H2,1-3H3;3-4H,1-2H2. The SMILES string of the molecule is CCCCCCCCCCCCCCCCCC(=O)OCC(C)OC(=O)CCCCCCCCCCCCCCCCC.OCCO. The Balaban J connectivity index is 0. The van der Waals surface area contributed by atoms with Gasteiger partial charge in [-0.05, 0) is 19.8 Å². The highest BCUT2D eigenvalue weighted by Crippen LogP contribution is 2.15. The smallest absolute Gasteiger partial charge is 0.306 e. The van der Waals surface area contributed by atoms with Crippen LogP contribution in [0.5, 0.6) is 0 Å². The summed E-state index contributed by atoms with van der Waals surface area (Å²) in [5.74, 6) is -0.333. The average molecular weight is 671 g/mol. The van der Waals surface area contributed by atoms with Gasteiger partial charge in [-0.25, -0.2) is 0 Å². The predicted molar refractivity (Wildman–Crippen MR) is 200 cm³/mol. The minimum Gasteiger partial charge on any atom is -0.462 e. The van der Waals surface area contributed by atoms with Crippen LogP contribution in [0, 0.1) is 0 Å². The highest BCUT2D eigenvalue weighted by Gasteiger charge is 2.12. The molecule has 0 aromatic heterocycles. The molecule has 1 unspecified atom stereocenters. The fourth-order valence-corrected chi connectivity index (χ4v) is 5.88. The maximum absolute atomic E-state index is 12.1. The quantitative estimate of drug-likeness (QED) is 0.0509. The summed E-state index contributed by atoms with van der Waals surface area (Å²) in [6.45, 7) is 6.28. The molecule has 6 nitrogen and oxygen atoms in total. The lowest BCUT2D eigenvalue weighted by Gasteiger charge is -2.13. The largest absolute Gasteiger partial charge is 0.462 e. The molecule has 0 aliphatic carbocycles. The van der Waals surface area contributed by atoms with Gasteiger partial charge in [0.15, 0.2) is 0 Å². The number of aliphatic hydroxyl groups excluding tert-OH is 2. The zero-order valence-corrected chi connectivity index (χ0v) is 31.9. The van der Waals surface area contributed by atoms with Crippen LogP contribution in [-0.2, 0) is 19.1 Å². The third-order valence-corrected chi connectivity index (χ3v) is 8.88. The number of unbranched alkanes of at least 4 members (excludes halogenated alkanes) is 28. The van der Waals surface area contributed by atoms with Gasteiger partial charge in [0.05, 0.1) is 13.2 Å². The molecule has 0 bridgehead atoms. The number of carbonyl (C=O) groups excluding carboxylic acids is 2. The third kappa shape index (κ3) is 44.9. The summed E-state index contributed by atoms with van der Waals surface area (Å²) in [4.78, 5) is 24.1. The Morgan fingerprint density at radius 3 is 0.957 bits per heavy atom. The van der Waals surface area contributed by atoms with Crippen molar-refractivity contribution in [2.45, 2.75) is 232 Å². The minimum atomic E-state index is -0.367. The topological polar surface area (TPSA) is 93.1 Å². The van der Waals surface area contributed by atoms with E-state index in [9.17, 15) is 9.59 Å². The average Bonchev–Trinajstić information content (AvgIpc) is 3.07. The molecule has 282 valence electrons. The van der Waals surface area contributed by atoms with Crippen LogP contribution in [0.4, 0.5) is 0 Å². The van der Waals surface area contributed by atoms with E-state index < -0.39 is 0 Å². The van der Waals surface area contributed by atoms with E-state index in [1.54, 1.807) is 0 Å². The van der Waals surface area contributed by atoms with E-state index in [0.29, 0.717) is 12.8 Å². The van der Waals surface area contributed by atoms with Gasteiger partial charge < -0.3 is 19.7 Å². The molecule has 0 aliphatic rings. The molecule has 6 heteroatoms. The monoisotopic (exact) mass is 671 g/mol. The molecule has 0 fully saturated rings. The van der Waals surface area contributed by atoms with E-state index >= 15 is 0 Å². The third-order valence-electron chi connectivity index (χ3n) is 8.88. The van der Waals surface area contributed by atoms with E-state index in [2.05, 4.69) is 13.8 Å². The van der Waals surface area contributed by atoms with Gasteiger partial charge in [0.1, 0.15) is 12.7 Å². The van der Waals surface area contributed by atoms with Gasteiger partial charge >= 0.3 is 11.9 Å². The van der Waals surface area contributed by atoms with Crippen LogP contribution in [0.1, 0.15) is 226 Å². The molecule has 0 aromatic rings. The van der Waals surface area contributed by atoms with Crippen molar-refractivity contribution in [1.29, 1.82) is 0 Å². The predicted octanol–water partition coefficient (Wildman–Crippen LogP) is 12.0. The second-order valence-electron chi connectivity index (χ2n) is 13.8. The van der Waals surface area contributed by atoms with Crippen molar-refractivity contribution in [2.24, 2.45) is 0 Å². The molecule has 0 aliphatic heterocycles. The van der Waals surface area contributed by atoms with Crippen molar-refractivity contribution < 1.29 is 29.3 Å². The van der Waals surface area contributed by atoms with Gasteiger partial charge in [-0.1, -0.05) is 194 Å². The fraction of sp³-hybridized carbons (Fsp3) is 0.951. The van der Waals surface area contributed by atoms with Crippen LogP contribution in [0.3, 0.4) is 0 Å². The molecule has 0 amide bonds. The van der Waals surface area contributed by atoms with Crippen molar-refractivity contribution in [3.63, 3.8) is 0 Å². The van der Waals surface area contributed by atoms with Crippen LogP contribution in [0.15, 0.2) is 0 Å². The van der Waals surface area contributed by atoms with E-state index in [4.69, 9.17) is 19.7 Å². The first-order chi connectivity index (χ1) is 23.0. The number of hydrogen-bond acceptors (Lipinski definition) is 6. The summed E-state index contributed by atoms with van der Waals surface area (Å²) in [7, 11) is 0. The Bertz CT molecular complexity index is 609. The molecule has 0 saturated carbocycles. The molecule has 1 atom stereocenters. The van der Waals surface area contributed by atoms with Crippen LogP contribution in [0.2, 0.25) is 0 Å². The molecule has 2 N–H and O–H groups in total. The molecule has 0 heterocycles. The number of aliphatic hydroxyl groups is 2. The van der Waals surface area contributed by atoms with Crippen molar-refractivity contribution >= 4 is 11.9 Å². The Kier molecular flexibility index (Phi) is 43.8. The zero-order chi connectivity index (χ0) is 34.9. The van der Waals surface area contributed by atoms with Crippen LogP contribution >= 0.6 is 0 Å². The van der Waals surface area contributed by atoms with Gasteiger partial charge in [0, 0.05) is 12.8 Å². The summed E-state index contributed by atoms with van der Waals surface area (Å²) >= 11 is 0. The Morgan fingerprint density at radius 2 is 0.681 bits per heavy atom. The van der Waals surface area contributed by atoms with Crippen molar-refractivity contribution in [1.82, 2.24) is 0 Å². The van der Waals surface area contributed by atoms with Gasteiger partial charge in [0.25, 0.3) is 0 Å². The second kappa shape index (κ2) is 42.9. The molecule has 0 aromatic carbocycles. The summed E-state index contributed by atoms with van der Waals surface area (Å²) in [6.07, 6.45) is 40.1. The van der Waals surface area contributed by atoms with E-state index in [-0.39, 0.29) is 37.9 Å². The lowest BCUT2D eigenvalue weighted by molar-refractivity contribution is -0.158.